The van der Waals surface area contributed by atoms with Crippen LogP contribution < -0.4 is 9.47 Å². The Hall–Kier alpha value is -2.43. The van der Waals surface area contributed by atoms with Crippen molar-refractivity contribution in [2.75, 3.05) is 13.2 Å². The number of rotatable bonds is 7. The van der Waals surface area contributed by atoms with Gasteiger partial charge in [-0.2, -0.15) is 15.1 Å². The number of hydrogen-bond acceptors (Lipinski definition) is 6. The lowest BCUT2D eigenvalue weighted by Gasteiger charge is -2.20. The number of nitrogens with zero attached hydrogens (tertiary/aromatic N) is 3. The van der Waals surface area contributed by atoms with Gasteiger partial charge in [-0.3, -0.25) is 10.2 Å². The van der Waals surface area contributed by atoms with Crippen LogP contribution in [0.5, 0.6) is 11.5 Å². The summed E-state index contributed by atoms with van der Waals surface area (Å²) in [6.07, 6.45) is 2.33. The normalized spacial score (nSPS) is 16.7. The number of benzene rings is 2. The first kappa shape index (κ1) is 22.8. The van der Waals surface area contributed by atoms with E-state index in [0.717, 1.165) is 19.7 Å². The molecule has 4 rings (SSSR count). The van der Waals surface area contributed by atoms with Crippen LogP contribution in [0.3, 0.4) is 0 Å². The molecule has 2 aliphatic rings. The van der Waals surface area contributed by atoms with Gasteiger partial charge < -0.3 is 9.47 Å². The maximum absolute atomic E-state index is 12.6. The van der Waals surface area contributed by atoms with E-state index in [4.69, 9.17) is 14.9 Å². The van der Waals surface area contributed by atoms with Gasteiger partial charge in [0.25, 0.3) is 5.91 Å². The average molecular weight is 578 g/mol. The quantitative estimate of drug-likeness (QED) is 0.337. The maximum atomic E-state index is 12.6. The molecule has 0 fully saturated rings. The molecule has 0 aliphatic carbocycles. The second kappa shape index (κ2) is 10.0. The number of ether oxygens (including phenoxy) is 2. The zero-order valence-corrected chi connectivity index (χ0v) is 21.0. The van der Waals surface area contributed by atoms with Crippen molar-refractivity contribution in [3.63, 3.8) is 0 Å². The van der Waals surface area contributed by atoms with Crippen molar-refractivity contribution < 1.29 is 14.3 Å². The van der Waals surface area contributed by atoms with Gasteiger partial charge in [-0.1, -0.05) is 38.8 Å². The van der Waals surface area contributed by atoms with Crippen LogP contribution in [0.15, 0.2) is 67.1 Å². The van der Waals surface area contributed by atoms with E-state index in [9.17, 15) is 4.79 Å². The molecule has 0 aromatic heterocycles. The summed E-state index contributed by atoms with van der Waals surface area (Å²) in [4.78, 5) is 16.7. The number of carbonyl (C=O) groups is 1. The molecule has 0 spiro atoms. The standard InChI is InChI=1S/C22H18Br2N4O3S/c1-2-19-27-28-20(25)17(21(29)26-22(28)32-19)12-13-11-15(24)5-8-18(13)31-10-9-30-16-6-3-14(23)4-7-16/h3-8,11-12,25H,2,9-10H2,1H3/b17-12-,25-20?. The molecule has 2 aromatic carbocycles. The number of amidine groups is 2. The molecule has 10 heteroatoms. The SMILES string of the molecule is CCC1=NN2C(=N)/C(=C/c3cc(Br)ccc3OCCOc3ccc(Br)cc3)C(=O)N=C2S1. The van der Waals surface area contributed by atoms with Crippen molar-refractivity contribution in [1.82, 2.24) is 5.01 Å². The Bertz CT molecular complexity index is 1160. The van der Waals surface area contributed by atoms with E-state index in [2.05, 4.69) is 42.0 Å². The number of carbonyl (C=O) groups excluding carboxylic acids is 1. The minimum Gasteiger partial charge on any atom is -0.490 e. The number of fused-ring (bicyclic) bond motifs is 1. The summed E-state index contributed by atoms with van der Waals surface area (Å²) in [5.41, 5.74) is 0.811. The third-order valence-electron chi connectivity index (χ3n) is 4.49. The van der Waals surface area contributed by atoms with Gasteiger partial charge in [0.15, 0.2) is 5.84 Å². The Morgan fingerprint density at radius 2 is 1.81 bits per heavy atom. The first-order chi connectivity index (χ1) is 15.4. The second-order valence-corrected chi connectivity index (χ2v) is 9.57. The lowest BCUT2D eigenvalue weighted by atomic mass is 10.1. The summed E-state index contributed by atoms with van der Waals surface area (Å²) >= 11 is 8.17. The van der Waals surface area contributed by atoms with E-state index < -0.39 is 5.91 Å². The van der Waals surface area contributed by atoms with Gasteiger partial charge in [0.05, 0.1) is 5.57 Å². The molecule has 1 amide bonds. The number of hydrazone groups is 1. The fourth-order valence-electron chi connectivity index (χ4n) is 2.94. The molecular formula is C22H18Br2N4O3S. The molecular weight excluding hydrogens is 560 g/mol. The fourth-order valence-corrected chi connectivity index (χ4v) is 4.40. The van der Waals surface area contributed by atoms with Crippen LogP contribution >= 0.6 is 43.6 Å². The molecule has 32 heavy (non-hydrogen) atoms. The monoisotopic (exact) mass is 576 g/mol. The van der Waals surface area contributed by atoms with E-state index in [1.54, 1.807) is 12.1 Å². The number of aliphatic imine (C=N–C) groups is 1. The molecule has 2 heterocycles. The van der Waals surface area contributed by atoms with Crippen molar-refractivity contribution in [2.24, 2.45) is 10.1 Å². The summed E-state index contributed by atoms with van der Waals surface area (Å²) in [7, 11) is 0. The van der Waals surface area contributed by atoms with Crippen LogP contribution in [0.4, 0.5) is 0 Å². The third-order valence-corrected chi connectivity index (χ3v) is 6.57. The number of hydrogen-bond donors (Lipinski definition) is 1. The first-order valence-corrected chi connectivity index (χ1v) is 12.1. The van der Waals surface area contributed by atoms with Crippen LogP contribution in [0, 0.1) is 5.41 Å². The third kappa shape index (κ3) is 5.13. The first-order valence-electron chi connectivity index (χ1n) is 9.74. The Morgan fingerprint density at radius 3 is 2.56 bits per heavy atom. The Balaban J connectivity index is 1.50. The molecule has 0 saturated heterocycles. The summed E-state index contributed by atoms with van der Waals surface area (Å²) in [5, 5.41) is 15.5. The maximum Gasteiger partial charge on any atom is 0.283 e. The van der Waals surface area contributed by atoms with Gasteiger partial charge in [0, 0.05) is 14.5 Å². The van der Waals surface area contributed by atoms with Gasteiger partial charge in [-0.05, 0) is 66.7 Å². The highest BCUT2D eigenvalue weighted by Gasteiger charge is 2.35. The number of amides is 1. The van der Waals surface area contributed by atoms with Gasteiger partial charge in [0.2, 0.25) is 5.17 Å². The Kier molecular flexibility index (Phi) is 7.12. The van der Waals surface area contributed by atoms with Gasteiger partial charge in [-0.25, -0.2) is 0 Å². The predicted octanol–water partition coefficient (Wildman–Crippen LogP) is 5.70. The fraction of sp³-hybridized carbons (Fsp3) is 0.182. The molecule has 0 saturated carbocycles. The molecule has 2 aliphatic heterocycles. The van der Waals surface area contributed by atoms with Crippen molar-refractivity contribution in [3.8, 4) is 11.5 Å². The predicted molar refractivity (Wildman–Crippen MR) is 135 cm³/mol. The van der Waals surface area contributed by atoms with Crippen LogP contribution in [0.2, 0.25) is 0 Å². The van der Waals surface area contributed by atoms with Gasteiger partial charge in [-0.15, -0.1) is 0 Å². The van der Waals surface area contributed by atoms with Gasteiger partial charge in [0.1, 0.15) is 29.8 Å². The largest absolute Gasteiger partial charge is 0.490 e. The highest BCUT2D eigenvalue weighted by atomic mass is 79.9. The number of halogens is 2. The second-order valence-electron chi connectivity index (χ2n) is 6.70. The number of thioether (sulfide) groups is 1. The minimum absolute atomic E-state index is 0.000414. The highest BCUT2D eigenvalue weighted by molar-refractivity contribution is 9.10. The zero-order valence-electron chi connectivity index (χ0n) is 17.0. The molecule has 2 aromatic rings. The molecule has 0 bridgehead atoms. The van der Waals surface area contributed by atoms with Crippen molar-refractivity contribution >= 4 is 71.7 Å². The Morgan fingerprint density at radius 1 is 1.09 bits per heavy atom. The van der Waals surface area contributed by atoms with Crippen molar-refractivity contribution in [1.29, 1.82) is 5.41 Å². The average Bonchev–Trinajstić information content (AvgIpc) is 3.20. The molecule has 164 valence electrons. The minimum atomic E-state index is -0.467. The number of nitrogens with one attached hydrogen (secondary N) is 1. The van der Waals surface area contributed by atoms with E-state index in [0.29, 0.717) is 36.1 Å². The highest BCUT2D eigenvalue weighted by Crippen LogP contribution is 2.31. The summed E-state index contributed by atoms with van der Waals surface area (Å²) in [6.45, 7) is 2.64. The van der Waals surface area contributed by atoms with E-state index in [-0.39, 0.29) is 11.4 Å². The molecule has 0 atom stereocenters. The van der Waals surface area contributed by atoms with Gasteiger partial charge >= 0.3 is 0 Å². The summed E-state index contributed by atoms with van der Waals surface area (Å²) < 4.78 is 13.4. The van der Waals surface area contributed by atoms with Crippen LogP contribution in [0.1, 0.15) is 18.9 Å². The van der Waals surface area contributed by atoms with Crippen molar-refractivity contribution in [2.45, 2.75) is 13.3 Å². The van der Waals surface area contributed by atoms with Crippen molar-refractivity contribution in [3.05, 3.63) is 62.5 Å². The van der Waals surface area contributed by atoms with E-state index in [1.807, 2.05) is 43.3 Å². The zero-order chi connectivity index (χ0) is 22.7. The topological polar surface area (TPSA) is 87.3 Å². The van der Waals surface area contributed by atoms with Crippen LogP contribution in [0.25, 0.3) is 6.08 Å². The lowest BCUT2D eigenvalue weighted by molar-refractivity contribution is -0.114. The molecule has 7 nitrogen and oxygen atoms in total. The molecule has 0 radical (unpaired) electrons. The Labute approximate surface area is 206 Å². The van der Waals surface area contributed by atoms with E-state index >= 15 is 0 Å². The lowest BCUT2D eigenvalue weighted by Crippen LogP contribution is -2.35. The van der Waals surface area contributed by atoms with E-state index in [1.165, 1.54) is 16.8 Å². The molecule has 1 N–H and O–H groups in total. The smallest absolute Gasteiger partial charge is 0.283 e. The summed E-state index contributed by atoms with van der Waals surface area (Å²) in [5.74, 6) is 0.857. The van der Waals surface area contributed by atoms with Crippen LogP contribution in [-0.2, 0) is 4.79 Å². The van der Waals surface area contributed by atoms with Crippen LogP contribution in [-0.4, -0.2) is 40.2 Å². The summed E-state index contributed by atoms with van der Waals surface area (Å²) in [6, 6.07) is 13.1. The molecule has 0 unspecified atom stereocenters.